The SMILES string of the molecule is Cc1cc(C(F)(F)F)nn1CCC(=O)Nc1c(C(N)=O)sc2nc(C(F)(F)F)cc(-c3ccc(F)cc3)c12. The van der Waals surface area contributed by atoms with Gasteiger partial charge in [-0.25, -0.2) is 9.37 Å². The van der Waals surface area contributed by atoms with Crippen LogP contribution in [-0.4, -0.2) is 26.6 Å². The zero-order valence-corrected chi connectivity index (χ0v) is 20.0. The highest BCUT2D eigenvalue weighted by Crippen LogP contribution is 2.43. The molecule has 4 rings (SSSR count). The highest BCUT2D eigenvalue weighted by molar-refractivity contribution is 7.21. The zero-order chi connectivity index (χ0) is 28.0. The summed E-state index contributed by atoms with van der Waals surface area (Å²) in [5.74, 6) is -2.48. The molecule has 0 unspecified atom stereocenters. The van der Waals surface area contributed by atoms with E-state index in [1.165, 1.54) is 19.1 Å². The van der Waals surface area contributed by atoms with Crippen molar-refractivity contribution in [2.24, 2.45) is 5.73 Å². The van der Waals surface area contributed by atoms with Gasteiger partial charge in [-0.05, 0) is 42.3 Å². The van der Waals surface area contributed by atoms with Crippen LogP contribution >= 0.6 is 11.3 Å². The van der Waals surface area contributed by atoms with Gasteiger partial charge in [0, 0.05) is 24.0 Å². The van der Waals surface area contributed by atoms with E-state index in [0.717, 1.165) is 22.9 Å². The molecule has 0 aliphatic heterocycles. The van der Waals surface area contributed by atoms with Crippen LogP contribution in [0.5, 0.6) is 0 Å². The number of aromatic nitrogens is 3. The number of benzene rings is 1. The molecule has 200 valence electrons. The lowest BCUT2D eigenvalue weighted by Gasteiger charge is -2.13. The second-order valence-electron chi connectivity index (χ2n) is 8.10. The predicted octanol–water partition coefficient (Wildman–Crippen LogP) is 5.77. The molecule has 4 aromatic rings. The third kappa shape index (κ3) is 5.46. The summed E-state index contributed by atoms with van der Waals surface area (Å²) in [5, 5.41) is 5.83. The fraction of sp³-hybridized carbons (Fsp3) is 0.217. The van der Waals surface area contributed by atoms with E-state index in [9.17, 15) is 40.3 Å². The van der Waals surface area contributed by atoms with E-state index in [4.69, 9.17) is 5.73 Å². The number of aryl methyl sites for hydroxylation is 2. The molecule has 3 heterocycles. The molecule has 0 saturated carbocycles. The lowest BCUT2D eigenvalue weighted by molar-refractivity contribution is -0.142. The van der Waals surface area contributed by atoms with E-state index < -0.39 is 47.8 Å². The summed E-state index contributed by atoms with van der Waals surface area (Å²) in [6, 6.07) is 6.00. The number of nitrogens with one attached hydrogen (secondary N) is 1. The standard InChI is InChI=1S/C23H16F7N5O2S/c1-10-8-15(23(28,29)30)34-35(10)7-6-16(36)33-18-17-13(11-2-4-12(24)5-3-11)9-14(22(25,26)27)32-21(17)38-19(18)20(31)37/h2-5,8-9H,6-7H2,1H3,(H2,31,37)(H,33,36). The van der Waals surface area contributed by atoms with Crippen LogP contribution in [0.1, 0.15) is 33.2 Å². The lowest BCUT2D eigenvalue weighted by atomic mass is 10.0. The van der Waals surface area contributed by atoms with Crippen LogP contribution in [0.4, 0.5) is 36.4 Å². The van der Waals surface area contributed by atoms with E-state index in [1.807, 2.05) is 0 Å². The van der Waals surface area contributed by atoms with Crippen LogP contribution in [0.15, 0.2) is 36.4 Å². The third-order valence-electron chi connectivity index (χ3n) is 5.42. The molecule has 0 saturated heterocycles. The number of halogens is 7. The minimum absolute atomic E-state index is 0.0358. The van der Waals surface area contributed by atoms with Gasteiger partial charge in [-0.15, -0.1) is 11.3 Å². The Labute approximate surface area is 213 Å². The van der Waals surface area contributed by atoms with Crippen molar-refractivity contribution in [3.05, 3.63) is 64.2 Å². The molecule has 0 bridgehead atoms. The minimum atomic E-state index is -4.86. The molecule has 0 aliphatic carbocycles. The number of hydrogen-bond acceptors (Lipinski definition) is 5. The Bertz CT molecular complexity index is 1540. The van der Waals surface area contributed by atoms with Crippen LogP contribution in [-0.2, 0) is 23.7 Å². The summed E-state index contributed by atoms with van der Waals surface area (Å²) >= 11 is 0.522. The zero-order valence-electron chi connectivity index (χ0n) is 19.2. The molecule has 0 aliphatic rings. The maximum absolute atomic E-state index is 13.6. The van der Waals surface area contributed by atoms with Crippen molar-refractivity contribution < 1.29 is 40.3 Å². The average molecular weight is 559 g/mol. The number of carbonyl (C=O) groups excluding carboxylic acids is 2. The van der Waals surface area contributed by atoms with Crippen LogP contribution < -0.4 is 11.1 Å². The van der Waals surface area contributed by atoms with Gasteiger partial charge in [-0.2, -0.15) is 31.4 Å². The Balaban J connectivity index is 1.75. The Morgan fingerprint density at radius 2 is 1.66 bits per heavy atom. The molecular weight excluding hydrogens is 543 g/mol. The molecule has 0 fully saturated rings. The van der Waals surface area contributed by atoms with Gasteiger partial charge in [-0.3, -0.25) is 14.3 Å². The number of hydrogen-bond donors (Lipinski definition) is 2. The first-order valence-corrected chi connectivity index (χ1v) is 11.5. The van der Waals surface area contributed by atoms with E-state index in [1.54, 1.807) is 0 Å². The van der Waals surface area contributed by atoms with Gasteiger partial charge in [0.25, 0.3) is 5.91 Å². The molecule has 0 atom stereocenters. The van der Waals surface area contributed by atoms with E-state index in [-0.39, 0.29) is 44.1 Å². The summed E-state index contributed by atoms with van der Waals surface area (Å²) < 4.78 is 93.9. The minimum Gasteiger partial charge on any atom is -0.365 e. The van der Waals surface area contributed by atoms with Crippen LogP contribution in [0, 0.1) is 12.7 Å². The van der Waals surface area contributed by atoms with Gasteiger partial charge in [0.1, 0.15) is 21.2 Å². The topological polar surface area (TPSA) is 103 Å². The number of nitrogens with two attached hydrogens (primary N) is 1. The highest BCUT2D eigenvalue weighted by atomic mass is 32.1. The first kappa shape index (κ1) is 27.0. The Morgan fingerprint density at radius 1 is 1.03 bits per heavy atom. The van der Waals surface area contributed by atoms with Crippen molar-refractivity contribution >= 4 is 39.1 Å². The van der Waals surface area contributed by atoms with Gasteiger partial charge >= 0.3 is 12.4 Å². The lowest BCUT2D eigenvalue weighted by Crippen LogP contribution is -2.19. The van der Waals surface area contributed by atoms with E-state index in [2.05, 4.69) is 15.4 Å². The fourth-order valence-corrected chi connectivity index (χ4v) is 4.69. The summed E-state index contributed by atoms with van der Waals surface area (Å²) in [5.41, 5.74) is 2.97. The number of alkyl halides is 6. The van der Waals surface area contributed by atoms with Gasteiger partial charge in [0.15, 0.2) is 5.69 Å². The number of carbonyl (C=O) groups is 2. The summed E-state index contributed by atoms with van der Waals surface area (Å²) in [6.07, 6.45) is -9.93. The van der Waals surface area contributed by atoms with Crippen LogP contribution in [0.3, 0.4) is 0 Å². The van der Waals surface area contributed by atoms with Crippen molar-refractivity contribution in [3.8, 4) is 11.1 Å². The Hall–Kier alpha value is -4.01. The average Bonchev–Trinajstić information content (AvgIpc) is 3.37. The maximum Gasteiger partial charge on any atom is 0.435 e. The van der Waals surface area contributed by atoms with Gasteiger partial charge in [0.05, 0.1) is 5.69 Å². The van der Waals surface area contributed by atoms with Crippen molar-refractivity contribution in [3.63, 3.8) is 0 Å². The third-order valence-corrected chi connectivity index (χ3v) is 6.52. The molecule has 15 heteroatoms. The molecule has 1 aromatic carbocycles. The number of nitrogens with zero attached hydrogens (tertiary/aromatic N) is 3. The molecule has 0 spiro atoms. The van der Waals surface area contributed by atoms with Crippen molar-refractivity contribution in [1.82, 2.24) is 14.8 Å². The summed E-state index contributed by atoms with van der Waals surface area (Å²) in [7, 11) is 0. The largest absolute Gasteiger partial charge is 0.435 e. The predicted molar refractivity (Wildman–Crippen MR) is 124 cm³/mol. The van der Waals surface area contributed by atoms with Gasteiger partial charge in [-0.1, -0.05) is 12.1 Å². The van der Waals surface area contributed by atoms with Gasteiger partial charge < -0.3 is 11.1 Å². The molecule has 0 radical (unpaired) electrons. The first-order valence-electron chi connectivity index (χ1n) is 10.7. The van der Waals surface area contributed by atoms with Gasteiger partial charge in [0.2, 0.25) is 5.91 Å². The van der Waals surface area contributed by atoms with Crippen LogP contribution in [0.2, 0.25) is 0 Å². The second kappa shape index (κ2) is 9.70. The normalized spacial score (nSPS) is 12.2. The fourth-order valence-electron chi connectivity index (χ4n) is 3.68. The monoisotopic (exact) mass is 559 g/mol. The summed E-state index contributed by atoms with van der Waals surface area (Å²) in [6.45, 7) is 1.11. The Kier molecular flexibility index (Phi) is 6.90. The molecular formula is C23H16F7N5O2S. The number of fused-ring (bicyclic) bond motifs is 1. The smallest absolute Gasteiger partial charge is 0.365 e. The maximum atomic E-state index is 13.6. The molecule has 7 nitrogen and oxygen atoms in total. The number of rotatable bonds is 6. The van der Waals surface area contributed by atoms with E-state index >= 15 is 0 Å². The first-order chi connectivity index (χ1) is 17.6. The van der Waals surface area contributed by atoms with Crippen LogP contribution in [0.25, 0.3) is 21.3 Å². The molecule has 3 N–H and O–H groups in total. The molecule has 38 heavy (non-hydrogen) atoms. The molecule has 2 amide bonds. The van der Waals surface area contributed by atoms with Crippen molar-refractivity contribution in [1.29, 1.82) is 0 Å². The highest BCUT2D eigenvalue weighted by Gasteiger charge is 2.36. The number of amides is 2. The molecule has 3 aromatic heterocycles. The van der Waals surface area contributed by atoms with Crippen molar-refractivity contribution in [2.45, 2.75) is 32.2 Å². The Morgan fingerprint density at radius 3 is 2.21 bits per heavy atom. The quantitative estimate of drug-likeness (QED) is 0.293. The number of anilines is 1. The summed E-state index contributed by atoms with van der Waals surface area (Å²) in [4.78, 5) is 27.9. The van der Waals surface area contributed by atoms with Crippen molar-refractivity contribution in [2.75, 3.05) is 5.32 Å². The number of primary amides is 1. The second-order valence-corrected chi connectivity index (χ2v) is 9.10. The number of pyridine rings is 1. The number of thiophene rings is 1. The van der Waals surface area contributed by atoms with E-state index in [0.29, 0.717) is 17.4 Å².